The smallest absolute Gasteiger partial charge is 0.435 e. The van der Waals surface area contributed by atoms with Crippen LogP contribution in [0, 0.1) is 0 Å². The predicted octanol–water partition coefficient (Wildman–Crippen LogP) is 3.22. The number of aldehydes is 1. The number of benzene rings is 1. The Labute approximate surface area is 177 Å². The highest BCUT2D eigenvalue weighted by atomic mass is 19.4. The number of rotatable bonds is 5. The second-order valence-electron chi connectivity index (χ2n) is 7.75. The molecule has 1 aliphatic heterocycles. The lowest BCUT2D eigenvalue weighted by Gasteiger charge is -2.52. The zero-order valence-corrected chi connectivity index (χ0v) is 17.2. The third-order valence-electron chi connectivity index (χ3n) is 6.14. The first-order valence-electron chi connectivity index (χ1n) is 9.66. The first-order chi connectivity index (χ1) is 14.6. The maximum absolute atomic E-state index is 12.7. The Morgan fingerprint density at radius 2 is 1.90 bits per heavy atom. The SMILES string of the molecule is CNC1(CC=O)CN(c2ccc(-c3ccc(C(F)(F)F)cc3)cn2)CC[N+]1(C)C(=O)O. The van der Waals surface area contributed by atoms with Crippen LogP contribution in [-0.4, -0.2) is 66.3 Å². The molecule has 10 heteroatoms. The molecular formula is C21H24F3N4O3+. The molecule has 2 heterocycles. The Balaban J connectivity index is 1.84. The fourth-order valence-electron chi connectivity index (χ4n) is 3.99. The summed E-state index contributed by atoms with van der Waals surface area (Å²) >= 11 is 0. The van der Waals surface area contributed by atoms with Crippen LogP contribution < -0.4 is 10.2 Å². The van der Waals surface area contributed by atoms with Gasteiger partial charge in [0.05, 0.1) is 32.1 Å². The van der Waals surface area contributed by atoms with Gasteiger partial charge in [0.2, 0.25) is 0 Å². The Morgan fingerprint density at radius 1 is 1.26 bits per heavy atom. The number of nitrogens with zero attached hydrogens (tertiary/aromatic N) is 3. The molecule has 0 spiro atoms. The number of piperazine rings is 1. The summed E-state index contributed by atoms with van der Waals surface area (Å²) in [6.07, 6.45) is -3.13. The van der Waals surface area contributed by atoms with Gasteiger partial charge in [-0.05, 0) is 36.9 Å². The van der Waals surface area contributed by atoms with E-state index in [0.717, 1.165) is 12.1 Å². The number of alkyl halides is 3. The van der Waals surface area contributed by atoms with Gasteiger partial charge in [-0.1, -0.05) is 12.1 Å². The van der Waals surface area contributed by atoms with Crippen LogP contribution in [0.3, 0.4) is 0 Å². The van der Waals surface area contributed by atoms with Crippen molar-refractivity contribution in [2.75, 3.05) is 38.6 Å². The number of anilines is 1. The molecule has 1 fully saturated rings. The van der Waals surface area contributed by atoms with E-state index in [1.807, 2.05) is 4.90 Å². The minimum Gasteiger partial charge on any atom is -0.435 e. The summed E-state index contributed by atoms with van der Waals surface area (Å²) in [4.78, 5) is 29.6. The zero-order valence-electron chi connectivity index (χ0n) is 17.2. The van der Waals surface area contributed by atoms with Crippen molar-refractivity contribution in [3.63, 3.8) is 0 Å². The molecule has 2 unspecified atom stereocenters. The van der Waals surface area contributed by atoms with Gasteiger partial charge in [-0.25, -0.2) is 9.47 Å². The van der Waals surface area contributed by atoms with Crippen molar-refractivity contribution in [2.24, 2.45) is 0 Å². The fraction of sp³-hybridized carbons (Fsp3) is 0.381. The average Bonchev–Trinajstić information content (AvgIpc) is 2.75. The van der Waals surface area contributed by atoms with Crippen LogP contribution in [0.5, 0.6) is 0 Å². The number of quaternary nitrogens is 1. The van der Waals surface area contributed by atoms with Crippen LogP contribution in [0.2, 0.25) is 0 Å². The van der Waals surface area contributed by atoms with Gasteiger partial charge in [-0.2, -0.15) is 18.0 Å². The van der Waals surface area contributed by atoms with Gasteiger partial charge < -0.3 is 14.8 Å². The summed E-state index contributed by atoms with van der Waals surface area (Å²) in [5, 5.41) is 12.8. The molecule has 1 amide bonds. The van der Waals surface area contributed by atoms with Crippen LogP contribution >= 0.6 is 0 Å². The van der Waals surface area contributed by atoms with E-state index in [1.165, 1.54) is 12.1 Å². The van der Waals surface area contributed by atoms with Crippen molar-refractivity contribution in [3.05, 3.63) is 48.2 Å². The van der Waals surface area contributed by atoms with Crippen molar-refractivity contribution < 1.29 is 32.3 Å². The Hall–Kier alpha value is -2.98. The van der Waals surface area contributed by atoms with Crippen LogP contribution in [0.15, 0.2) is 42.6 Å². The zero-order chi connectivity index (χ0) is 22.9. The number of pyridine rings is 1. The molecule has 2 N–H and O–H groups in total. The number of likely N-dealkylation sites (N-methyl/N-ethyl adjacent to an activating group) is 2. The highest BCUT2D eigenvalue weighted by molar-refractivity contribution is 5.65. The molecule has 7 nitrogen and oxygen atoms in total. The van der Waals surface area contributed by atoms with E-state index < -0.39 is 23.5 Å². The first-order valence-corrected chi connectivity index (χ1v) is 9.66. The van der Waals surface area contributed by atoms with Crippen LogP contribution in [0.1, 0.15) is 12.0 Å². The lowest BCUT2D eigenvalue weighted by atomic mass is 9.97. The standard InChI is InChI=1S/C21H23F3N4O3/c1-25-20(9-12-29)14-27(10-11-28(20,2)19(30)31)18-8-5-16(13-26-18)15-3-6-17(7-4-15)21(22,23)24/h3-8,12-13,25H,9-11,14H2,1-2H3/p+1. The van der Waals surface area contributed by atoms with E-state index in [9.17, 15) is 27.9 Å². The molecule has 3 rings (SSSR count). The predicted molar refractivity (Wildman–Crippen MR) is 108 cm³/mol. The summed E-state index contributed by atoms with van der Waals surface area (Å²) in [5.74, 6) is 0.595. The lowest BCUT2D eigenvalue weighted by Crippen LogP contribution is -2.78. The van der Waals surface area contributed by atoms with Crippen LogP contribution in [-0.2, 0) is 11.0 Å². The maximum Gasteiger partial charge on any atom is 0.514 e. The Bertz CT molecular complexity index is 950. The number of hydrogen-bond donors (Lipinski definition) is 2. The number of carbonyl (C=O) groups excluding carboxylic acids is 1. The number of nitrogens with one attached hydrogen (secondary N) is 1. The van der Waals surface area contributed by atoms with Gasteiger partial charge in [-0.15, -0.1) is 0 Å². The number of amides is 1. The molecule has 0 bridgehead atoms. The monoisotopic (exact) mass is 437 g/mol. The minimum atomic E-state index is -4.39. The van der Waals surface area contributed by atoms with Crippen molar-refractivity contribution in [1.29, 1.82) is 0 Å². The second kappa shape index (κ2) is 8.27. The third-order valence-corrected chi connectivity index (χ3v) is 6.14. The highest BCUT2D eigenvalue weighted by Crippen LogP contribution is 2.33. The molecule has 2 aromatic rings. The number of carboxylic acid groups (broad SMARTS) is 1. The van der Waals surface area contributed by atoms with Crippen molar-refractivity contribution in [1.82, 2.24) is 10.3 Å². The van der Waals surface area contributed by atoms with Gasteiger partial charge >= 0.3 is 12.3 Å². The van der Waals surface area contributed by atoms with Crippen molar-refractivity contribution in [3.8, 4) is 11.1 Å². The summed E-state index contributed by atoms with van der Waals surface area (Å²) in [5.41, 5.74) is -0.480. The summed E-state index contributed by atoms with van der Waals surface area (Å²) in [7, 11) is 3.22. The van der Waals surface area contributed by atoms with Crippen LogP contribution in [0.25, 0.3) is 11.1 Å². The number of halogens is 3. The second-order valence-corrected chi connectivity index (χ2v) is 7.75. The summed E-state index contributed by atoms with van der Waals surface area (Å²) < 4.78 is 37.9. The van der Waals surface area contributed by atoms with E-state index in [-0.39, 0.29) is 24.0 Å². The van der Waals surface area contributed by atoms with E-state index in [0.29, 0.717) is 29.8 Å². The fourth-order valence-corrected chi connectivity index (χ4v) is 3.99. The Kier molecular flexibility index (Phi) is 6.06. The molecule has 1 aliphatic rings. The molecule has 0 radical (unpaired) electrons. The topological polar surface area (TPSA) is 82.5 Å². The van der Waals surface area contributed by atoms with E-state index >= 15 is 0 Å². The molecular weight excluding hydrogens is 413 g/mol. The third kappa shape index (κ3) is 4.13. The molecule has 1 saturated heterocycles. The van der Waals surface area contributed by atoms with E-state index in [4.69, 9.17) is 0 Å². The van der Waals surface area contributed by atoms with Crippen molar-refractivity contribution >= 4 is 18.2 Å². The largest absolute Gasteiger partial charge is 0.514 e. The highest BCUT2D eigenvalue weighted by Gasteiger charge is 2.56. The minimum absolute atomic E-state index is 0.00639. The molecule has 1 aromatic heterocycles. The van der Waals surface area contributed by atoms with Gasteiger partial charge in [0, 0.05) is 11.8 Å². The quantitative estimate of drug-likeness (QED) is 0.552. The molecule has 31 heavy (non-hydrogen) atoms. The summed E-state index contributed by atoms with van der Waals surface area (Å²) in [6.45, 7) is 0.918. The molecule has 1 aromatic carbocycles. The van der Waals surface area contributed by atoms with Crippen LogP contribution in [0.4, 0.5) is 23.8 Å². The molecule has 2 atom stereocenters. The number of hydrogen-bond acceptors (Lipinski definition) is 5. The first kappa shape index (κ1) is 22.7. The maximum atomic E-state index is 12.7. The number of aromatic nitrogens is 1. The van der Waals surface area contributed by atoms with E-state index in [2.05, 4.69) is 10.3 Å². The summed E-state index contributed by atoms with van der Waals surface area (Å²) in [6, 6.07) is 8.34. The Morgan fingerprint density at radius 3 is 2.39 bits per heavy atom. The molecule has 166 valence electrons. The van der Waals surface area contributed by atoms with Crippen molar-refractivity contribution in [2.45, 2.75) is 18.3 Å². The van der Waals surface area contributed by atoms with Gasteiger partial charge in [0.25, 0.3) is 0 Å². The average molecular weight is 437 g/mol. The van der Waals surface area contributed by atoms with E-state index in [1.54, 1.807) is 32.4 Å². The van der Waals surface area contributed by atoms with Gasteiger partial charge in [0.15, 0.2) is 5.66 Å². The van der Waals surface area contributed by atoms with Gasteiger partial charge in [-0.3, -0.25) is 5.32 Å². The lowest BCUT2D eigenvalue weighted by molar-refractivity contribution is -0.896. The molecule has 0 saturated carbocycles. The molecule has 0 aliphatic carbocycles. The number of carbonyl (C=O) groups is 2. The normalized spacial score (nSPS) is 24.1. The van der Waals surface area contributed by atoms with Gasteiger partial charge in [0.1, 0.15) is 18.6 Å².